The summed E-state index contributed by atoms with van der Waals surface area (Å²) in [6, 6.07) is 3.67. The number of hydrogen-bond acceptors (Lipinski definition) is 4. The molecule has 1 aromatic rings. The topological polar surface area (TPSA) is 64.1 Å². The van der Waals surface area contributed by atoms with Gasteiger partial charge < -0.3 is 0 Å². The summed E-state index contributed by atoms with van der Waals surface area (Å²) in [6.07, 6.45) is 3.75. The Morgan fingerprint density at radius 2 is 2.06 bits per heavy atom. The average molecular weight is 255 g/mol. The highest BCUT2D eigenvalue weighted by atomic mass is 32.2. The van der Waals surface area contributed by atoms with Gasteiger partial charge in [-0.25, -0.2) is 8.42 Å². The predicted octanol–water partition coefficient (Wildman–Crippen LogP) is 1.19. The summed E-state index contributed by atoms with van der Waals surface area (Å²) < 4.78 is 22.4. The van der Waals surface area contributed by atoms with E-state index < -0.39 is 15.1 Å². The largest absolute Gasteiger partial charge is 0.298 e. The van der Waals surface area contributed by atoms with Crippen molar-refractivity contribution in [3.63, 3.8) is 0 Å². The average Bonchev–Trinajstić information content (AvgIpc) is 2.27. The minimum Gasteiger partial charge on any atom is -0.298 e. The first-order chi connectivity index (χ1) is 7.84. The molecule has 0 bridgehead atoms. The Morgan fingerprint density at radius 3 is 2.47 bits per heavy atom. The molecule has 1 heterocycles. The van der Waals surface area contributed by atoms with Crippen LogP contribution in [0.4, 0.5) is 0 Å². The summed E-state index contributed by atoms with van der Waals surface area (Å²) in [5, 5.41) is -0.963. The molecule has 94 valence electrons. The van der Waals surface area contributed by atoms with Crippen molar-refractivity contribution in [2.24, 2.45) is 0 Å². The molecular formula is C12H17NO3S. The molecule has 0 aliphatic carbocycles. The standard InChI is InChI=1S/C12H17NO3S/c1-4-10-5-6-11(13-8-10)7-12(14)9(2)17(3,15)16/h5-6,8-9H,4,7H2,1-3H3. The van der Waals surface area contributed by atoms with Gasteiger partial charge in [-0.3, -0.25) is 9.78 Å². The maximum absolute atomic E-state index is 11.7. The van der Waals surface area contributed by atoms with E-state index in [4.69, 9.17) is 0 Å². The molecule has 0 aliphatic rings. The first-order valence-electron chi connectivity index (χ1n) is 5.50. The highest BCUT2D eigenvalue weighted by Crippen LogP contribution is 2.06. The number of ketones is 1. The zero-order valence-electron chi connectivity index (χ0n) is 10.3. The highest BCUT2D eigenvalue weighted by molar-refractivity contribution is 7.92. The molecule has 0 N–H and O–H groups in total. The lowest BCUT2D eigenvalue weighted by molar-refractivity contribution is -0.117. The zero-order chi connectivity index (χ0) is 13.1. The van der Waals surface area contributed by atoms with Crippen molar-refractivity contribution >= 4 is 15.6 Å². The number of hydrogen-bond donors (Lipinski definition) is 0. The molecule has 17 heavy (non-hydrogen) atoms. The van der Waals surface area contributed by atoms with Gasteiger partial charge in [0.1, 0.15) is 5.25 Å². The van der Waals surface area contributed by atoms with Gasteiger partial charge in [-0.1, -0.05) is 13.0 Å². The highest BCUT2D eigenvalue weighted by Gasteiger charge is 2.23. The summed E-state index contributed by atoms with van der Waals surface area (Å²) in [5.41, 5.74) is 1.71. The van der Waals surface area contributed by atoms with Crippen LogP contribution >= 0.6 is 0 Å². The zero-order valence-corrected chi connectivity index (χ0v) is 11.1. The van der Waals surface area contributed by atoms with Crippen LogP contribution in [-0.4, -0.2) is 30.7 Å². The Kier molecular flexibility index (Phi) is 4.40. The second-order valence-corrected chi connectivity index (χ2v) is 6.49. The lowest BCUT2D eigenvalue weighted by Crippen LogP contribution is -2.27. The van der Waals surface area contributed by atoms with Crippen molar-refractivity contribution in [3.8, 4) is 0 Å². The molecule has 1 atom stereocenters. The van der Waals surface area contributed by atoms with Crippen LogP contribution in [0.25, 0.3) is 0 Å². The molecule has 0 saturated heterocycles. The van der Waals surface area contributed by atoms with E-state index in [1.165, 1.54) is 6.92 Å². The fourth-order valence-corrected chi connectivity index (χ4v) is 1.89. The number of pyridine rings is 1. The molecule has 0 amide bonds. The van der Waals surface area contributed by atoms with E-state index >= 15 is 0 Å². The van der Waals surface area contributed by atoms with Crippen molar-refractivity contribution in [1.29, 1.82) is 0 Å². The monoisotopic (exact) mass is 255 g/mol. The normalized spacial score (nSPS) is 13.4. The van der Waals surface area contributed by atoms with E-state index in [9.17, 15) is 13.2 Å². The minimum absolute atomic E-state index is 0.0677. The molecule has 1 aromatic heterocycles. The summed E-state index contributed by atoms with van der Waals surface area (Å²) in [6.45, 7) is 3.44. The molecule has 0 spiro atoms. The number of nitrogens with zero attached hydrogens (tertiary/aromatic N) is 1. The molecule has 0 fully saturated rings. The molecule has 1 rings (SSSR count). The molecule has 1 unspecified atom stereocenters. The summed E-state index contributed by atoms with van der Waals surface area (Å²) in [5.74, 6) is -0.316. The molecule has 4 nitrogen and oxygen atoms in total. The van der Waals surface area contributed by atoms with Gasteiger partial charge in [-0.15, -0.1) is 0 Å². The van der Waals surface area contributed by atoms with E-state index in [0.29, 0.717) is 5.69 Å². The van der Waals surface area contributed by atoms with Gasteiger partial charge in [0.05, 0.1) is 6.42 Å². The van der Waals surface area contributed by atoms with Gasteiger partial charge in [0.2, 0.25) is 0 Å². The molecule has 0 saturated carbocycles. The van der Waals surface area contributed by atoms with Crippen LogP contribution in [0.2, 0.25) is 0 Å². The Hall–Kier alpha value is -1.23. The fraction of sp³-hybridized carbons (Fsp3) is 0.500. The number of aryl methyl sites for hydroxylation is 1. The third-order valence-electron chi connectivity index (χ3n) is 2.75. The van der Waals surface area contributed by atoms with Crippen LogP contribution in [0.3, 0.4) is 0 Å². The predicted molar refractivity (Wildman–Crippen MR) is 66.6 cm³/mol. The van der Waals surface area contributed by atoms with Gasteiger partial charge >= 0.3 is 0 Å². The smallest absolute Gasteiger partial charge is 0.157 e. The first kappa shape index (κ1) is 13.8. The van der Waals surface area contributed by atoms with E-state index in [-0.39, 0.29) is 12.2 Å². The second kappa shape index (κ2) is 5.40. The molecule has 0 aromatic carbocycles. The molecule has 0 radical (unpaired) electrons. The molecule has 0 aliphatic heterocycles. The van der Waals surface area contributed by atoms with Crippen molar-refractivity contribution in [2.45, 2.75) is 31.9 Å². The van der Waals surface area contributed by atoms with Crippen LogP contribution in [0.5, 0.6) is 0 Å². The SMILES string of the molecule is CCc1ccc(CC(=O)C(C)S(C)(=O)=O)nc1. The maximum Gasteiger partial charge on any atom is 0.157 e. The van der Waals surface area contributed by atoms with Crippen LogP contribution in [0, 0.1) is 0 Å². The lowest BCUT2D eigenvalue weighted by atomic mass is 10.1. The Labute approximate surface area is 102 Å². The quantitative estimate of drug-likeness (QED) is 0.792. The van der Waals surface area contributed by atoms with Gasteiger partial charge in [-0.05, 0) is 25.0 Å². The Balaban J connectivity index is 2.74. The number of Topliss-reactive ketones (excluding diaryl/α,β-unsaturated/α-hetero) is 1. The van der Waals surface area contributed by atoms with Crippen LogP contribution in [0.15, 0.2) is 18.3 Å². The third kappa shape index (κ3) is 3.93. The van der Waals surface area contributed by atoms with Gasteiger partial charge in [-0.2, -0.15) is 0 Å². The third-order valence-corrected chi connectivity index (χ3v) is 4.29. The Bertz CT molecular complexity index is 491. The first-order valence-corrected chi connectivity index (χ1v) is 7.45. The van der Waals surface area contributed by atoms with Crippen molar-refractivity contribution in [1.82, 2.24) is 4.98 Å². The summed E-state index contributed by atoms with van der Waals surface area (Å²) in [4.78, 5) is 15.8. The van der Waals surface area contributed by atoms with Crippen molar-refractivity contribution < 1.29 is 13.2 Å². The van der Waals surface area contributed by atoms with Crippen molar-refractivity contribution in [3.05, 3.63) is 29.6 Å². The van der Waals surface area contributed by atoms with Gasteiger partial charge in [0.15, 0.2) is 15.6 Å². The van der Waals surface area contributed by atoms with E-state index in [2.05, 4.69) is 4.98 Å². The number of sulfone groups is 1. The van der Waals surface area contributed by atoms with E-state index in [0.717, 1.165) is 18.2 Å². The van der Waals surface area contributed by atoms with Crippen LogP contribution < -0.4 is 0 Å². The summed E-state index contributed by atoms with van der Waals surface area (Å²) in [7, 11) is -3.31. The fourth-order valence-electron chi connectivity index (χ4n) is 1.33. The van der Waals surface area contributed by atoms with E-state index in [1.54, 1.807) is 12.3 Å². The van der Waals surface area contributed by atoms with Crippen LogP contribution in [-0.2, 0) is 27.5 Å². The maximum atomic E-state index is 11.7. The van der Waals surface area contributed by atoms with Gasteiger partial charge in [0, 0.05) is 18.1 Å². The molecule has 5 heteroatoms. The lowest BCUT2D eigenvalue weighted by Gasteiger charge is -2.07. The van der Waals surface area contributed by atoms with Crippen molar-refractivity contribution in [2.75, 3.05) is 6.26 Å². The number of carbonyl (C=O) groups is 1. The van der Waals surface area contributed by atoms with E-state index in [1.807, 2.05) is 13.0 Å². The second-order valence-electron chi connectivity index (χ2n) is 4.13. The minimum atomic E-state index is -3.31. The molecular weight excluding hydrogens is 238 g/mol. The summed E-state index contributed by atoms with van der Waals surface area (Å²) >= 11 is 0. The van der Waals surface area contributed by atoms with Gasteiger partial charge in [0.25, 0.3) is 0 Å². The Morgan fingerprint density at radius 1 is 1.41 bits per heavy atom. The van der Waals surface area contributed by atoms with Crippen LogP contribution in [0.1, 0.15) is 25.1 Å². The number of rotatable bonds is 5. The number of aromatic nitrogens is 1. The number of carbonyl (C=O) groups excluding carboxylic acids is 1.